The molecule has 0 aromatic carbocycles. The third-order valence-electron chi connectivity index (χ3n) is 8.00. The van der Waals surface area contributed by atoms with Crippen LogP contribution >= 0.6 is 7.82 Å². The van der Waals surface area contributed by atoms with Crippen molar-refractivity contribution in [2.24, 2.45) is 0 Å². The second-order valence-electron chi connectivity index (χ2n) is 13.4. The van der Waals surface area contributed by atoms with Crippen molar-refractivity contribution in [3.8, 4) is 0 Å². The first-order valence-electron chi connectivity index (χ1n) is 20.2. The number of carbonyl (C=O) groups is 2. The van der Waals surface area contributed by atoms with E-state index in [1.54, 1.807) is 4.90 Å². The number of unbranched alkanes of at least 4 members (excludes halogenated alkanes) is 10. The molecule has 0 rings (SSSR count). The second-order valence-corrected chi connectivity index (χ2v) is 14.9. The minimum Gasteiger partial charge on any atom is -0.462 e. The van der Waals surface area contributed by atoms with Gasteiger partial charge in [0.05, 0.1) is 13.2 Å². The van der Waals surface area contributed by atoms with Gasteiger partial charge in [-0.1, -0.05) is 125 Å². The molecule has 0 saturated heterocycles. The van der Waals surface area contributed by atoms with Gasteiger partial charge in [-0.25, -0.2) is 4.57 Å². The minimum absolute atomic E-state index is 0.00651. The number of carbonyl (C=O) groups excluding carboxylic acids is 2. The molecular weight excluding hydrogens is 689 g/mol. The fraction of sp³-hybridized carbons (Fsp3) is 0.674. The number of esters is 2. The van der Waals surface area contributed by atoms with Crippen LogP contribution in [0, 0.1) is 0 Å². The third-order valence-corrected chi connectivity index (χ3v) is 8.98. The SMILES string of the molecule is CC/C=C\C/C=C\C/C=C\C/C=C\C/C=C\CCCC(=O)OCC(COP(=O)(O)OCCN(C)C)OC(=O)CCCCCCC/C=C\CCCCCC. The Morgan fingerprint density at radius 2 is 1.09 bits per heavy atom. The van der Waals surface area contributed by atoms with Gasteiger partial charge in [-0.3, -0.25) is 18.6 Å². The average molecular weight is 764 g/mol. The first-order valence-corrected chi connectivity index (χ1v) is 21.7. The number of ether oxygens (including phenoxy) is 2. The summed E-state index contributed by atoms with van der Waals surface area (Å²) in [5, 5.41) is 0. The van der Waals surface area contributed by atoms with Gasteiger partial charge in [0.15, 0.2) is 6.10 Å². The van der Waals surface area contributed by atoms with Crippen LogP contribution in [-0.2, 0) is 32.7 Å². The van der Waals surface area contributed by atoms with E-state index >= 15 is 0 Å². The smallest absolute Gasteiger partial charge is 0.462 e. The van der Waals surface area contributed by atoms with Crippen molar-refractivity contribution in [2.75, 3.05) is 40.5 Å². The monoisotopic (exact) mass is 764 g/mol. The number of hydrogen-bond donors (Lipinski definition) is 1. The maximum Gasteiger partial charge on any atom is 0.472 e. The van der Waals surface area contributed by atoms with E-state index in [4.69, 9.17) is 18.5 Å². The highest BCUT2D eigenvalue weighted by Crippen LogP contribution is 2.43. The van der Waals surface area contributed by atoms with E-state index in [9.17, 15) is 19.0 Å². The summed E-state index contributed by atoms with van der Waals surface area (Å²) in [6.45, 7) is 4.09. The van der Waals surface area contributed by atoms with Gasteiger partial charge in [0, 0.05) is 19.4 Å². The summed E-state index contributed by atoms with van der Waals surface area (Å²) in [5.74, 6) is -0.889. The van der Waals surface area contributed by atoms with Gasteiger partial charge < -0.3 is 19.3 Å². The standard InChI is InChI=1S/C43H74NO8P/c1-5-7-9-11-13-15-17-19-20-21-22-24-25-27-29-31-33-35-42(45)49-39-41(40-51-53(47,48)50-38-37-44(3)4)52-43(46)36-34-32-30-28-26-23-18-16-14-12-10-8-6-2/h7,9,13,15-16,18-20,22,24,27,29,41H,5-6,8,10-12,14,17,21,23,25-26,28,30-40H2,1-4H3,(H,47,48)/b9-7-,15-13-,18-16-,20-19-,24-22-,29-27-. The van der Waals surface area contributed by atoms with Crippen molar-refractivity contribution in [3.63, 3.8) is 0 Å². The molecule has 0 amide bonds. The quantitative estimate of drug-likeness (QED) is 0.0288. The van der Waals surface area contributed by atoms with E-state index in [0.717, 1.165) is 70.6 Å². The topological polar surface area (TPSA) is 112 Å². The van der Waals surface area contributed by atoms with Gasteiger partial charge in [-0.2, -0.15) is 0 Å². The summed E-state index contributed by atoms with van der Waals surface area (Å²) in [6.07, 6.45) is 43.8. The molecule has 0 aliphatic rings. The number of likely N-dealkylation sites (N-methyl/N-ethyl adjacent to an activating group) is 1. The van der Waals surface area contributed by atoms with Gasteiger partial charge >= 0.3 is 19.8 Å². The molecule has 10 heteroatoms. The summed E-state index contributed by atoms with van der Waals surface area (Å²) in [5.41, 5.74) is 0. The molecule has 0 radical (unpaired) electrons. The molecular formula is C43H74NO8P. The molecule has 9 nitrogen and oxygen atoms in total. The summed E-state index contributed by atoms with van der Waals surface area (Å²) in [4.78, 5) is 36.9. The third kappa shape index (κ3) is 39.0. The molecule has 2 atom stereocenters. The molecule has 0 aliphatic carbocycles. The van der Waals surface area contributed by atoms with E-state index < -0.39 is 32.5 Å². The van der Waals surface area contributed by atoms with Crippen LogP contribution in [0.5, 0.6) is 0 Å². The van der Waals surface area contributed by atoms with Crippen LogP contribution in [0.1, 0.15) is 142 Å². The fourth-order valence-corrected chi connectivity index (χ4v) is 5.63. The Bertz CT molecular complexity index is 1110. The van der Waals surface area contributed by atoms with Crippen molar-refractivity contribution in [3.05, 3.63) is 72.9 Å². The normalized spacial score (nSPS) is 14.2. The first kappa shape index (κ1) is 50.5. The number of allylic oxidation sites excluding steroid dienone is 12. The van der Waals surface area contributed by atoms with Gasteiger partial charge in [0.2, 0.25) is 0 Å². The zero-order valence-corrected chi connectivity index (χ0v) is 34.6. The summed E-state index contributed by atoms with van der Waals surface area (Å²) in [7, 11) is -0.748. The average Bonchev–Trinajstić information content (AvgIpc) is 3.12. The second kappa shape index (κ2) is 37.8. The zero-order chi connectivity index (χ0) is 39.1. The van der Waals surface area contributed by atoms with E-state index in [1.807, 2.05) is 20.2 Å². The molecule has 0 saturated carbocycles. The maximum atomic E-state index is 12.6. The molecule has 53 heavy (non-hydrogen) atoms. The van der Waals surface area contributed by atoms with Gasteiger partial charge in [-0.15, -0.1) is 0 Å². The van der Waals surface area contributed by atoms with Crippen LogP contribution in [0.3, 0.4) is 0 Å². The van der Waals surface area contributed by atoms with Crippen molar-refractivity contribution < 1.29 is 37.6 Å². The van der Waals surface area contributed by atoms with E-state index in [1.165, 1.54) is 32.1 Å². The Balaban J connectivity index is 4.46. The van der Waals surface area contributed by atoms with Crippen molar-refractivity contribution >= 4 is 19.8 Å². The van der Waals surface area contributed by atoms with Crippen LogP contribution in [0.15, 0.2) is 72.9 Å². The highest BCUT2D eigenvalue weighted by atomic mass is 31.2. The lowest BCUT2D eigenvalue weighted by Gasteiger charge is -2.20. The Hall–Kier alpha value is -2.55. The van der Waals surface area contributed by atoms with E-state index in [-0.39, 0.29) is 26.1 Å². The number of hydrogen-bond acceptors (Lipinski definition) is 8. The number of nitrogens with zero attached hydrogens (tertiary/aromatic N) is 1. The highest BCUT2D eigenvalue weighted by molar-refractivity contribution is 7.47. The predicted octanol–water partition coefficient (Wildman–Crippen LogP) is 11.3. The summed E-state index contributed by atoms with van der Waals surface area (Å²) in [6, 6.07) is 0. The van der Waals surface area contributed by atoms with Crippen LogP contribution in [-0.4, -0.2) is 68.3 Å². The Labute approximate surface area is 323 Å². The number of phosphoric ester groups is 1. The number of rotatable bonds is 36. The van der Waals surface area contributed by atoms with E-state index in [2.05, 4.69) is 80.7 Å². The molecule has 2 unspecified atom stereocenters. The maximum absolute atomic E-state index is 12.6. The molecule has 0 bridgehead atoms. The number of phosphoric acid groups is 1. The first-order chi connectivity index (χ1) is 25.7. The zero-order valence-electron chi connectivity index (χ0n) is 33.7. The van der Waals surface area contributed by atoms with Crippen LogP contribution in [0.25, 0.3) is 0 Å². The summed E-state index contributed by atoms with van der Waals surface area (Å²) < 4.78 is 33.3. The lowest BCUT2D eigenvalue weighted by atomic mass is 10.1. The molecule has 0 spiro atoms. The van der Waals surface area contributed by atoms with E-state index in [0.29, 0.717) is 19.4 Å². The minimum atomic E-state index is -4.38. The van der Waals surface area contributed by atoms with Crippen LogP contribution in [0.4, 0.5) is 0 Å². The molecule has 0 aromatic rings. The molecule has 0 aliphatic heterocycles. The van der Waals surface area contributed by atoms with Crippen molar-refractivity contribution in [1.82, 2.24) is 4.90 Å². The molecule has 0 fully saturated rings. The molecule has 0 aromatic heterocycles. The highest BCUT2D eigenvalue weighted by Gasteiger charge is 2.26. The summed E-state index contributed by atoms with van der Waals surface area (Å²) >= 11 is 0. The van der Waals surface area contributed by atoms with Crippen molar-refractivity contribution in [1.29, 1.82) is 0 Å². The fourth-order valence-electron chi connectivity index (χ4n) is 4.89. The Kier molecular flexibility index (Phi) is 35.9. The van der Waals surface area contributed by atoms with Gasteiger partial charge in [0.1, 0.15) is 6.61 Å². The predicted molar refractivity (Wildman–Crippen MR) is 220 cm³/mol. The van der Waals surface area contributed by atoms with Gasteiger partial charge in [-0.05, 0) is 91.1 Å². The van der Waals surface area contributed by atoms with Crippen molar-refractivity contribution in [2.45, 2.75) is 148 Å². The Morgan fingerprint density at radius 1 is 0.604 bits per heavy atom. The lowest BCUT2D eigenvalue weighted by molar-refractivity contribution is -0.161. The van der Waals surface area contributed by atoms with Crippen LogP contribution < -0.4 is 0 Å². The largest absolute Gasteiger partial charge is 0.472 e. The van der Waals surface area contributed by atoms with Gasteiger partial charge in [0.25, 0.3) is 0 Å². The lowest BCUT2D eigenvalue weighted by Crippen LogP contribution is -2.29. The molecule has 0 heterocycles. The molecule has 304 valence electrons. The van der Waals surface area contributed by atoms with Crippen LogP contribution in [0.2, 0.25) is 0 Å². The molecule has 1 N–H and O–H groups in total. The Morgan fingerprint density at radius 3 is 1.68 bits per heavy atom.